The van der Waals surface area contributed by atoms with Crippen LogP contribution in [0.15, 0.2) is 23.0 Å². The second-order valence-electron chi connectivity index (χ2n) is 3.35. The zero-order valence-electron chi connectivity index (χ0n) is 9.20. The Labute approximate surface area is 108 Å². The summed E-state index contributed by atoms with van der Waals surface area (Å²) in [5, 5.41) is 0. The summed E-state index contributed by atoms with van der Waals surface area (Å²) in [6, 6.07) is 2.79. The third kappa shape index (κ3) is 3.34. The Morgan fingerprint density at radius 1 is 1.50 bits per heavy atom. The lowest BCUT2D eigenvalue weighted by molar-refractivity contribution is -0.146. The molecule has 0 aliphatic carbocycles. The fraction of sp³-hybridized carbons (Fsp3) is 0.400. The molecule has 0 bridgehead atoms. The van der Waals surface area contributed by atoms with E-state index in [-0.39, 0.29) is 0 Å². The number of hydrogen-bond acceptors (Lipinski definition) is 3. The molecule has 0 amide bonds. The molecule has 0 spiro atoms. The van der Waals surface area contributed by atoms with Crippen LogP contribution in [-0.4, -0.2) is 22.5 Å². The Bertz CT molecular complexity index is 498. The van der Waals surface area contributed by atoms with Gasteiger partial charge in [-0.15, -0.1) is 0 Å². The van der Waals surface area contributed by atoms with Gasteiger partial charge in [-0.1, -0.05) is 22.0 Å². The van der Waals surface area contributed by atoms with E-state index in [0.29, 0.717) is 4.57 Å². The van der Waals surface area contributed by atoms with Gasteiger partial charge in [-0.25, -0.2) is 0 Å². The second-order valence-corrected chi connectivity index (χ2v) is 4.45. The second kappa shape index (κ2) is 5.55. The molecule has 18 heavy (non-hydrogen) atoms. The lowest BCUT2D eigenvalue weighted by Gasteiger charge is -2.16. The highest BCUT2D eigenvalue weighted by atomic mass is 79.9. The van der Waals surface area contributed by atoms with Gasteiger partial charge in [0.05, 0.1) is 7.11 Å². The minimum atomic E-state index is -4.66. The Kier molecular flexibility index (Phi) is 4.55. The van der Waals surface area contributed by atoms with E-state index < -0.39 is 34.8 Å². The molecule has 0 radical (unpaired) electrons. The summed E-state index contributed by atoms with van der Waals surface area (Å²) in [7, 11) is 1.11. The molecular weight excluding hydrogens is 319 g/mol. The minimum Gasteiger partial charge on any atom is -0.468 e. The van der Waals surface area contributed by atoms with Crippen LogP contribution in [0.5, 0.6) is 0 Å². The number of pyridine rings is 1. The van der Waals surface area contributed by atoms with E-state index in [9.17, 15) is 22.8 Å². The van der Waals surface area contributed by atoms with Gasteiger partial charge in [-0.2, -0.15) is 13.2 Å². The van der Waals surface area contributed by atoms with E-state index >= 15 is 0 Å². The predicted molar refractivity (Wildman–Crippen MR) is 60.4 cm³/mol. The number of aromatic nitrogens is 1. The fourth-order valence-electron chi connectivity index (χ4n) is 1.32. The molecule has 1 aromatic rings. The van der Waals surface area contributed by atoms with Crippen molar-refractivity contribution >= 4 is 21.9 Å². The van der Waals surface area contributed by atoms with Gasteiger partial charge >= 0.3 is 12.1 Å². The standard InChI is InChI=1S/C10H9BrF3NO3/c1-18-9(17)6(11)5-15-7(10(12,13)14)3-2-4-8(15)16/h2-4,6H,5H2,1H3. The molecule has 1 heterocycles. The van der Waals surface area contributed by atoms with Crippen molar-refractivity contribution in [1.29, 1.82) is 0 Å². The van der Waals surface area contributed by atoms with E-state index in [1.54, 1.807) is 0 Å². The van der Waals surface area contributed by atoms with Crippen LogP contribution in [0.2, 0.25) is 0 Å². The van der Waals surface area contributed by atoms with Gasteiger partial charge < -0.3 is 9.30 Å². The molecule has 8 heteroatoms. The highest BCUT2D eigenvalue weighted by Crippen LogP contribution is 2.28. The van der Waals surface area contributed by atoms with Crippen LogP contribution in [-0.2, 0) is 22.3 Å². The molecule has 1 aromatic heterocycles. The van der Waals surface area contributed by atoms with Crippen molar-refractivity contribution in [3.8, 4) is 0 Å². The first-order valence-corrected chi connectivity index (χ1v) is 5.68. The Hall–Kier alpha value is -1.31. The van der Waals surface area contributed by atoms with Gasteiger partial charge in [0.2, 0.25) is 0 Å². The SMILES string of the molecule is COC(=O)C(Br)Cn1c(C(F)(F)F)cccc1=O. The number of methoxy groups -OCH3 is 1. The number of halogens is 4. The third-order valence-electron chi connectivity index (χ3n) is 2.14. The highest BCUT2D eigenvalue weighted by molar-refractivity contribution is 9.10. The normalized spacial score (nSPS) is 13.2. The first-order chi connectivity index (χ1) is 8.27. The summed E-state index contributed by atoms with van der Waals surface area (Å²) in [6.07, 6.45) is -4.66. The molecule has 0 fully saturated rings. The number of rotatable bonds is 3. The first-order valence-electron chi connectivity index (χ1n) is 4.76. The quantitative estimate of drug-likeness (QED) is 0.628. The number of nitrogens with zero attached hydrogens (tertiary/aromatic N) is 1. The maximum atomic E-state index is 12.7. The maximum absolute atomic E-state index is 12.7. The van der Waals surface area contributed by atoms with Crippen molar-refractivity contribution < 1.29 is 22.7 Å². The largest absolute Gasteiger partial charge is 0.468 e. The topological polar surface area (TPSA) is 48.3 Å². The van der Waals surface area contributed by atoms with Gasteiger partial charge in [0, 0.05) is 12.6 Å². The number of carbonyl (C=O) groups is 1. The van der Waals surface area contributed by atoms with E-state index in [4.69, 9.17) is 0 Å². The van der Waals surface area contributed by atoms with E-state index in [1.807, 2.05) is 0 Å². The van der Waals surface area contributed by atoms with Gasteiger partial charge in [-0.3, -0.25) is 9.59 Å². The lowest BCUT2D eigenvalue weighted by Crippen LogP contribution is -2.33. The zero-order chi connectivity index (χ0) is 13.9. The molecule has 0 N–H and O–H groups in total. The summed E-state index contributed by atoms with van der Waals surface area (Å²) in [4.78, 5) is 21.5. The molecule has 100 valence electrons. The maximum Gasteiger partial charge on any atom is 0.431 e. The molecular formula is C10H9BrF3NO3. The Morgan fingerprint density at radius 2 is 2.11 bits per heavy atom. The monoisotopic (exact) mass is 327 g/mol. The fourth-order valence-corrected chi connectivity index (χ4v) is 1.80. The van der Waals surface area contributed by atoms with Crippen LogP contribution in [0, 0.1) is 0 Å². The molecule has 0 saturated heterocycles. The third-order valence-corrected chi connectivity index (χ3v) is 2.80. The zero-order valence-corrected chi connectivity index (χ0v) is 10.8. The lowest BCUT2D eigenvalue weighted by atomic mass is 10.3. The molecule has 1 atom stereocenters. The number of ether oxygens (including phenoxy) is 1. The Morgan fingerprint density at radius 3 is 2.61 bits per heavy atom. The summed E-state index contributed by atoms with van der Waals surface area (Å²) >= 11 is 2.87. The van der Waals surface area contributed by atoms with Crippen molar-refractivity contribution in [3.63, 3.8) is 0 Å². The van der Waals surface area contributed by atoms with Gasteiger partial charge in [-0.05, 0) is 6.07 Å². The van der Waals surface area contributed by atoms with Crippen molar-refractivity contribution in [2.75, 3.05) is 7.11 Å². The van der Waals surface area contributed by atoms with Crippen molar-refractivity contribution in [3.05, 3.63) is 34.2 Å². The van der Waals surface area contributed by atoms with E-state index in [2.05, 4.69) is 20.7 Å². The van der Waals surface area contributed by atoms with E-state index in [1.165, 1.54) is 0 Å². The van der Waals surface area contributed by atoms with Gasteiger partial charge in [0.1, 0.15) is 10.5 Å². The van der Waals surface area contributed by atoms with Crippen LogP contribution in [0.1, 0.15) is 5.69 Å². The predicted octanol–water partition coefficient (Wildman–Crippen LogP) is 1.80. The van der Waals surface area contributed by atoms with Crippen molar-refractivity contribution in [2.24, 2.45) is 0 Å². The average Bonchev–Trinajstić information content (AvgIpc) is 2.29. The molecule has 1 unspecified atom stereocenters. The average molecular weight is 328 g/mol. The molecule has 4 nitrogen and oxygen atoms in total. The van der Waals surface area contributed by atoms with E-state index in [0.717, 1.165) is 25.3 Å². The van der Waals surface area contributed by atoms with Crippen LogP contribution >= 0.6 is 15.9 Å². The number of alkyl halides is 4. The highest BCUT2D eigenvalue weighted by Gasteiger charge is 2.35. The minimum absolute atomic E-state index is 0.457. The molecule has 0 aliphatic rings. The molecule has 1 rings (SSSR count). The summed E-state index contributed by atoms with van der Waals surface area (Å²) in [5.41, 5.74) is -1.94. The van der Waals surface area contributed by atoms with Crippen molar-refractivity contribution in [2.45, 2.75) is 17.5 Å². The number of esters is 1. The van der Waals surface area contributed by atoms with Crippen LogP contribution in [0.3, 0.4) is 0 Å². The summed E-state index contributed by atoms with van der Waals surface area (Å²) < 4.78 is 42.9. The molecule has 0 aliphatic heterocycles. The number of carbonyl (C=O) groups excluding carboxylic acids is 1. The van der Waals surface area contributed by atoms with Crippen LogP contribution in [0.4, 0.5) is 13.2 Å². The summed E-state index contributed by atoms with van der Waals surface area (Å²) in [5.74, 6) is -0.751. The summed E-state index contributed by atoms with van der Waals surface area (Å²) in [6.45, 7) is -0.457. The van der Waals surface area contributed by atoms with Crippen LogP contribution < -0.4 is 5.56 Å². The Balaban J connectivity index is 3.16. The first kappa shape index (κ1) is 14.7. The smallest absolute Gasteiger partial charge is 0.431 e. The molecule has 0 aromatic carbocycles. The van der Waals surface area contributed by atoms with Crippen LogP contribution in [0.25, 0.3) is 0 Å². The van der Waals surface area contributed by atoms with Crippen molar-refractivity contribution in [1.82, 2.24) is 4.57 Å². The van der Waals surface area contributed by atoms with Gasteiger partial charge in [0.15, 0.2) is 0 Å². The molecule has 0 saturated carbocycles. The van der Waals surface area contributed by atoms with Gasteiger partial charge in [0.25, 0.3) is 5.56 Å². The number of hydrogen-bond donors (Lipinski definition) is 0.